The van der Waals surface area contributed by atoms with Gasteiger partial charge in [-0.25, -0.2) is 9.97 Å². The Labute approximate surface area is 118 Å². The van der Waals surface area contributed by atoms with Gasteiger partial charge in [0, 0.05) is 5.69 Å². The second-order valence-corrected chi connectivity index (χ2v) is 4.12. The van der Waals surface area contributed by atoms with Gasteiger partial charge >= 0.3 is 6.61 Å². The van der Waals surface area contributed by atoms with Gasteiger partial charge in [0.2, 0.25) is 0 Å². The van der Waals surface area contributed by atoms with E-state index in [0.29, 0.717) is 17.2 Å². The van der Waals surface area contributed by atoms with E-state index in [9.17, 15) is 8.78 Å². The molecule has 5 nitrogen and oxygen atoms in total. The predicted octanol–water partition coefficient (Wildman–Crippen LogP) is 2.46. The largest absolute Gasteiger partial charge is 0.435 e. The number of alkyl halides is 2. The minimum atomic E-state index is -2.84. The molecule has 0 unspecified atom stereocenters. The minimum absolute atomic E-state index is 0.0838. The summed E-state index contributed by atoms with van der Waals surface area (Å²) in [6.07, 6.45) is 2.91. The first-order chi connectivity index (χ1) is 9.54. The number of aromatic nitrogens is 2. The molecule has 0 spiro atoms. The second kappa shape index (κ2) is 6.20. The Hall–Kier alpha value is -2.35. The highest BCUT2D eigenvalue weighted by Crippen LogP contribution is 2.19. The average Bonchev–Trinajstić information content (AvgIpc) is 2.41. The second-order valence-electron chi connectivity index (χ2n) is 3.68. The summed E-state index contributed by atoms with van der Waals surface area (Å²) in [5.74, 6) is 0.563. The molecule has 2 aromatic rings. The third-order valence-electron chi connectivity index (χ3n) is 2.26. The summed E-state index contributed by atoms with van der Waals surface area (Å²) in [6.45, 7) is -2.84. The van der Waals surface area contributed by atoms with Crippen LogP contribution in [0, 0.1) is 0 Å². The summed E-state index contributed by atoms with van der Waals surface area (Å²) >= 11 is 4.76. The van der Waals surface area contributed by atoms with Crippen molar-refractivity contribution < 1.29 is 13.5 Å². The maximum Gasteiger partial charge on any atom is 0.387 e. The van der Waals surface area contributed by atoms with Gasteiger partial charge in [0.05, 0.1) is 12.4 Å². The molecule has 0 fully saturated rings. The molecule has 3 N–H and O–H groups in total. The fourth-order valence-corrected chi connectivity index (χ4v) is 1.49. The first-order valence-electron chi connectivity index (χ1n) is 5.48. The smallest absolute Gasteiger partial charge is 0.387 e. The molecule has 0 saturated heterocycles. The highest BCUT2D eigenvalue weighted by atomic mass is 32.1. The van der Waals surface area contributed by atoms with Crippen molar-refractivity contribution in [3.63, 3.8) is 0 Å². The van der Waals surface area contributed by atoms with Gasteiger partial charge in [0.1, 0.15) is 22.2 Å². The van der Waals surface area contributed by atoms with E-state index in [1.807, 2.05) is 0 Å². The highest BCUT2D eigenvalue weighted by molar-refractivity contribution is 7.80. The number of halogens is 2. The van der Waals surface area contributed by atoms with Gasteiger partial charge in [-0.1, -0.05) is 12.2 Å². The molecule has 0 aliphatic heterocycles. The van der Waals surface area contributed by atoms with Crippen LogP contribution in [0.25, 0.3) is 0 Å². The van der Waals surface area contributed by atoms with Crippen molar-refractivity contribution in [1.82, 2.24) is 9.97 Å². The van der Waals surface area contributed by atoms with E-state index in [1.165, 1.54) is 24.5 Å². The lowest BCUT2D eigenvalue weighted by Gasteiger charge is -2.07. The number of anilines is 2. The van der Waals surface area contributed by atoms with Gasteiger partial charge in [0.15, 0.2) is 0 Å². The Morgan fingerprint density at radius 2 is 1.90 bits per heavy atom. The van der Waals surface area contributed by atoms with Crippen LogP contribution in [-0.4, -0.2) is 21.6 Å². The van der Waals surface area contributed by atoms with Gasteiger partial charge < -0.3 is 15.8 Å². The summed E-state index contributed by atoms with van der Waals surface area (Å²) in [7, 11) is 0. The van der Waals surface area contributed by atoms with Crippen molar-refractivity contribution in [2.75, 3.05) is 5.32 Å². The number of hydrogen-bond acceptors (Lipinski definition) is 5. The summed E-state index contributed by atoms with van der Waals surface area (Å²) in [6, 6.07) is 6.01. The van der Waals surface area contributed by atoms with Crippen LogP contribution >= 0.6 is 12.2 Å². The molecule has 1 aromatic heterocycles. The lowest BCUT2D eigenvalue weighted by molar-refractivity contribution is -0.0498. The zero-order chi connectivity index (χ0) is 14.5. The molecule has 0 atom stereocenters. The fraction of sp³-hybridized carbons (Fsp3) is 0.0833. The Kier molecular flexibility index (Phi) is 4.36. The van der Waals surface area contributed by atoms with Crippen molar-refractivity contribution in [2.24, 2.45) is 5.73 Å². The van der Waals surface area contributed by atoms with Crippen LogP contribution in [0.15, 0.2) is 36.7 Å². The van der Waals surface area contributed by atoms with Crippen LogP contribution in [0.4, 0.5) is 20.3 Å². The predicted molar refractivity (Wildman–Crippen MR) is 74.3 cm³/mol. The van der Waals surface area contributed by atoms with Gasteiger partial charge in [-0.05, 0) is 24.3 Å². The van der Waals surface area contributed by atoms with E-state index in [2.05, 4.69) is 20.0 Å². The lowest BCUT2D eigenvalue weighted by Crippen LogP contribution is -2.12. The van der Waals surface area contributed by atoms with E-state index in [4.69, 9.17) is 18.0 Å². The molecule has 0 saturated carbocycles. The van der Waals surface area contributed by atoms with Gasteiger partial charge in [-0.2, -0.15) is 8.78 Å². The molecule has 1 heterocycles. The highest BCUT2D eigenvalue weighted by Gasteiger charge is 2.04. The minimum Gasteiger partial charge on any atom is -0.435 e. The maximum atomic E-state index is 12.0. The lowest BCUT2D eigenvalue weighted by atomic mass is 10.3. The quantitative estimate of drug-likeness (QED) is 0.826. The average molecular weight is 296 g/mol. The Bertz CT molecular complexity index is 589. The topological polar surface area (TPSA) is 73.1 Å². The Balaban J connectivity index is 2.04. The van der Waals surface area contributed by atoms with Crippen molar-refractivity contribution in [3.05, 3.63) is 42.4 Å². The number of nitrogens with zero attached hydrogens (tertiary/aromatic N) is 2. The molecule has 1 aromatic carbocycles. The standard InChI is InChI=1S/C12H10F2N4OS/c13-12(14)19-8-3-1-7(2-4-8)18-10-6-16-9(5-17-10)11(15)20/h1-6,12H,(H2,15,20)(H,17,18). The molecule has 0 bridgehead atoms. The first kappa shape index (κ1) is 14.1. The molecule has 0 aliphatic carbocycles. The number of hydrogen-bond donors (Lipinski definition) is 2. The summed E-state index contributed by atoms with van der Waals surface area (Å²) in [5.41, 5.74) is 6.49. The van der Waals surface area contributed by atoms with E-state index >= 15 is 0 Å². The molecule has 0 amide bonds. The monoisotopic (exact) mass is 296 g/mol. The molecule has 20 heavy (non-hydrogen) atoms. The van der Waals surface area contributed by atoms with E-state index in [0.717, 1.165) is 0 Å². The summed E-state index contributed by atoms with van der Waals surface area (Å²) in [5, 5.41) is 2.95. The molecular weight excluding hydrogens is 286 g/mol. The number of nitrogens with two attached hydrogens (primary N) is 1. The first-order valence-corrected chi connectivity index (χ1v) is 5.89. The molecule has 8 heteroatoms. The van der Waals surface area contributed by atoms with Crippen molar-refractivity contribution in [3.8, 4) is 5.75 Å². The number of ether oxygens (including phenoxy) is 1. The maximum absolute atomic E-state index is 12.0. The van der Waals surface area contributed by atoms with Crippen LogP contribution < -0.4 is 15.8 Å². The Morgan fingerprint density at radius 1 is 1.20 bits per heavy atom. The van der Waals surface area contributed by atoms with Crippen LogP contribution in [0.5, 0.6) is 5.75 Å². The molecule has 0 aliphatic rings. The zero-order valence-electron chi connectivity index (χ0n) is 10.1. The van der Waals surface area contributed by atoms with E-state index in [1.54, 1.807) is 12.1 Å². The SMILES string of the molecule is NC(=S)c1cnc(Nc2ccc(OC(F)F)cc2)cn1. The van der Waals surface area contributed by atoms with Crippen LogP contribution in [-0.2, 0) is 0 Å². The van der Waals surface area contributed by atoms with Crippen LogP contribution in [0.3, 0.4) is 0 Å². The third kappa shape index (κ3) is 3.82. The third-order valence-corrected chi connectivity index (χ3v) is 2.47. The summed E-state index contributed by atoms with van der Waals surface area (Å²) < 4.78 is 28.2. The summed E-state index contributed by atoms with van der Waals surface area (Å²) in [4.78, 5) is 8.25. The number of rotatable bonds is 5. The van der Waals surface area contributed by atoms with E-state index < -0.39 is 6.61 Å². The normalized spacial score (nSPS) is 10.3. The van der Waals surface area contributed by atoms with Crippen LogP contribution in [0.2, 0.25) is 0 Å². The van der Waals surface area contributed by atoms with Gasteiger partial charge in [0.25, 0.3) is 0 Å². The molecule has 0 radical (unpaired) electrons. The van der Waals surface area contributed by atoms with Crippen LogP contribution in [0.1, 0.15) is 5.69 Å². The number of nitrogens with one attached hydrogen (secondary N) is 1. The van der Waals surface area contributed by atoms with E-state index in [-0.39, 0.29) is 10.7 Å². The van der Waals surface area contributed by atoms with Crippen molar-refractivity contribution in [2.45, 2.75) is 6.61 Å². The Morgan fingerprint density at radius 3 is 2.40 bits per heavy atom. The number of thiocarbonyl (C=S) groups is 1. The van der Waals surface area contributed by atoms with Crippen molar-refractivity contribution >= 4 is 28.7 Å². The zero-order valence-corrected chi connectivity index (χ0v) is 10.9. The van der Waals surface area contributed by atoms with Crippen molar-refractivity contribution in [1.29, 1.82) is 0 Å². The molecule has 2 rings (SSSR count). The molecular formula is C12H10F2N4OS. The fourth-order valence-electron chi connectivity index (χ4n) is 1.39. The molecule has 104 valence electrons. The number of benzene rings is 1. The van der Waals surface area contributed by atoms with Gasteiger partial charge in [-0.3, -0.25) is 0 Å². The van der Waals surface area contributed by atoms with Gasteiger partial charge in [-0.15, -0.1) is 0 Å².